The summed E-state index contributed by atoms with van der Waals surface area (Å²) in [5.41, 5.74) is 7.89. The molecule has 2 rings (SSSR count). The lowest BCUT2D eigenvalue weighted by atomic mass is 10.1. The Kier molecular flexibility index (Phi) is 5.57. The SMILES string of the molecule is COc1ccc(C(C)N)cc1CS(=O)CC1CCCO1. The molecule has 1 aromatic carbocycles. The number of benzene rings is 1. The number of methoxy groups -OCH3 is 1. The Morgan fingerprint density at radius 2 is 2.35 bits per heavy atom. The molecule has 1 aliphatic rings. The minimum absolute atomic E-state index is 0.0359. The largest absolute Gasteiger partial charge is 0.496 e. The fraction of sp³-hybridized carbons (Fsp3) is 0.600. The average molecular weight is 297 g/mol. The fourth-order valence-corrected chi connectivity index (χ4v) is 3.78. The lowest BCUT2D eigenvalue weighted by molar-refractivity contribution is 0.128. The normalized spacial score (nSPS) is 21.6. The minimum Gasteiger partial charge on any atom is -0.496 e. The van der Waals surface area contributed by atoms with Crippen molar-refractivity contribution in [2.24, 2.45) is 5.73 Å². The van der Waals surface area contributed by atoms with E-state index in [1.54, 1.807) is 7.11 Å². The van der Waals surface area contributed by atoms with Crippen LogP contribution in [0.3, 0.4) is 0 Å². The van der Waals surface area contributed by atoms with Gasteiger partial charge in [-0.3, -0.25) is 4.21 Å². The quantitative estimate of drug-likeness (QED) is 0.874. The first-order valence-electron chi connectivity index (χ1n) is 6.99. The van der Waals surface area contributed by atoms with Crippen LogP contribution in [0.1, 0.15) is 36.9 Å². The molecular formula is C15H23NO3S. The van der Waals surface area contributed by atoms with Crippen LogP contribution in [0.4, 0.5) is 0 Å². The summed E-state index contributed by atoms with van der Waals surface area (Å²) in [6.07, 6.45) is 2.24. The number of rotatable bonds is 6. The van der Waals surface area contributed by atoms with E-state index in [4.69, 9.17) is 15.2 Å². The topological polar surface area (TPSA) is 61.5 Å². The first-order valence-corrected chi connectivity index (χ1v) is 8.48. The van der Waals surface area contributed by atoms with Crippen LogP contribution in [0.2, 0.25) is 0 Å². The molecule has 1 saturated heterocycles. The molecule has 3 atom stereocenters. The third-order valence-corrected chi connectivity index (χ3v) is 4.92. The Morgan fingerprint density at radius 3 is 2.95 bits per heavy atom. The van der Waals surface area contributed by atoms with Gasteiger partial charge >= 0.3 is 0 Å². The van der Waals surface area contributed by atoms with Crippen molar-refractivity contribution in [2.75, 3.05) is 19.5 Å². The Bertz CT molecular complexity index is 470. The lowest BCUT2D eigenvalue weighted by Gasteiger charge is -2.14. The first kappa shape index (κ1) is 15.5. The van der Waals surface area contributed by atoms with Gasteiger partial charge in [-0.25, -0.2) is 0 Å². The van der Waals surface area contributed by atoms with Gasteiger partial charge in [-0.2, -0.15) is 0 Å². The summed E-state index contributed by atoms with van der Waals surface area (Å²) >= 11 is 0. The standard InChI is InChI=1S/C15H23NO3S/c1-11(16)12-5-6-15(18-2)13(8-12)9-20(17)10-14-4-3-7-19-14/h5-6,8,11,14H,3-4,7,9-10,16H2,1-2H3. The highest BCUT2D eigenvalue weighted by atomic mass is 32.2. The van der Waals surface area contributed by atoms with Crippen LogP contribution in [0, 0.1) is 0 Å². The van der Waals surface area contributed by atoms with Gasteiger partial charge in [0.1, 0.15) is 5.75 Å². The van der Waals surface area contributed by atoms with E-state index in [2.05, 4.69) is 0 Å². The molecule has 4 nitrogen and oxygen atoms in total. The third-order valence-electron chi connectivity index (χ3n) is 3.54. The summed E-state index contributed by atoms with van der Waals surface area (Å²) in [7, 11) is 0.692. The van der Waals surface area contributed by atoms with Gasteiger partial charge in [-0.15, -0.1) is 0 Å². The Hall–Kier alpha value is -0.910. The Labute approximate surface area is 123 Å². The maximum Gasteiger partial charge on any atom is 0.123 e. The van der Waals surface area contributed by atoms with Crippen LogP contribution in [-0.2, 0) is 21.3 Å². The van der Waals surface area contributed by atoms with Gasteiger partial charge in [-0.05, 0) is 37.5 Å². The van der Waals surface area contributed by atoms with Crippen molar-refractivity contribution in [1.82, 2.24) is 0 Å². The highest BCUT2D eigenvalue weighted by Gasteiger charge is 2.19. The fourth-order valence-electron chi connectivity index (χ4n) is 2.41. The Balaban J connectivity index is 2.05. The van der Waals surface area contributed by atoms with Crippen LogP contribution in [-0.4, -0.2) is 29.8 Å². The first-order chi connectivity index (χ1) is 9.60. The number of hydrogen-bond acceptors (Lipinski definition) is 4. The predicted octanol–water partition coefficient (Wildman–Crippen LogP) is 2.14. The molecule has 5 heteroatoms. The summed E-state index contributed by atoms with van der Waals surface area (Å²) in [4.78, 5) is 0. The van der Waals surface area contributed by atoms with E-state index < -0.39 is 10.8 Å². The zero-order valence-corrected chi connectivity index (χ0v) is 12.9. The van der Waals surface area contributed by atoms with Crippen LogP contribution in [0.5, 0.6) is 5.75 Å². The van der Waals surface area contributed by atoms with Crippen LogP contribution in [0.25, 0.3) is 0 Å². The molecular weight excluding hydrogens is 274 g/mol. The number of nitrogens with two attached hydrogens (primary N) is 1. The molecule has 0 spiro atoms. The van der Waals surface area contributed by atoms with Gasteiger partial charge in [0.2, 0.25) is 0 Å². The van der Waals surface area contributed by atoms with E-state index in [9.17, 15) is 4.21 Å². The van der Waals surface area contributed by atoms with E-state index in [1.165, 1.54) is 0 Å². The van der Waals surface area contributed by atoms with Crippen LogP contribution < -0.4 is 10.5 Å². The van der Waals surface area contributed by atoms with Gasteiger partial charge in [-0.1, -0.05) is 6.07 Å². The molecule has 0 aromatic heterocycles. The molecule has 1 heterocycles. The average Bonchev–Trinajstić information content (AvgIpc) is 2.91. The Morgan fingerprint density at radius 1 is 1.55 bits per heavy atom. The second-order valence-electron chi connectivity index (χ2n) is 5.25. The van der Waals surface area contributed by atoms with Crippen molar-refractivity contribution in [1.29, 1.82) is 0 Å². The van der Waals surface area contributed by atoms with Gasteiger partial charge in [0.15, 0.2) is 0 Å². The highest BCUT2D eigenvalue weighted by Crippen LogP contribution is 2.24. The number of ether oxygens (including phenoxy) is 2. The van der Waals surface area contributed by atoms with Crippen molar-refractivity contribution in [2.45, 2.75) is 37.7 Å². The van der Waals surface area contributed by atoms with Crippen molar-refractivity contribution in [3.63, 3.8) is 0 Å². The summed E-state index contributed by atoms with van der Waals surface area (Å²) in [6.45, 7) is 2.74. The second kappa shape index (κ2) is 7.20. The molecule has 0 saturated carbocycles. The van der Waals surface area contributed by atoms with E-state index in [0.717, 1.165) is 36.3 Å². The van der Waals surface area contributed by atoms with Crippen molar-refractivity contribution >= 4 is 10.8 Å². The van der Waals surface area contributed by atoms with E-state index in [0.29, 0.717) is 11.5 Å². The van der Waals surface area contributed by atoms with Crippen molar-refractivity contribution in [3.05, 3.63) is 29.3 Å². The highest BCUT2D eigenvalue weighted by molar-refractivity contribution is 7.84. The maximum atomic E-state index is 12.3. The van der Waals surface area contributed by atoms with E-state index in [-0.39, 0.29) is 12.1 Å². The summed E-state index contributed by atoms with van der Waals surface area (Å²) in [5, 5.41) is 0. The van der Waals surface area contributed by atoms with Crippen LogP contribution in [0.15, 0.2) is 18.2 Å². The zero-order valence-electron chi connectivity index (χ0n) is 12.1. The van der Waals surface area contributed by atoms with Gasteiger partial charge < -0.3 is 15.2 Å². The molecule has 0 amide bonds. The summed E-state index contributed by atoms with van der Waals surface area (Å²) < 4.78 is 23.1. The monoisotopic (exact) mass is 297 g/mol. The molecule has 3 unspecified atom stereocenters. The zero-order chi connectivity index (χ0) is 14.5. The molecule has 1 aliphatic heterocycles. The number of hydrogen-bond donors (Lipinski definition) is 1. The predicted molar refractivity (Wildman–Crippen MR) is 81.3 cm³/mol. The molecule has 112 valence electrons. The molecule has 1 aromatic rings. The van der Waals surface area contributed by atoms with Crippen molar-refractivity contribution < 1.29 is 13.7 Å². The van der Waals surface area contributed by atoms with Gasteiger partial charge in [0.25, 0.3) is 0 Å². The van der Waals surface area contributed by atoms with Crippen LogP contribution >= 0.6 is 0 Å². The van der Waals surface area contributed by atoms with E-state index in [1.807, 2.05) is 25.1 Å². The van der Waals surface area contributed by atoms with Crippen molar-refractivity contribution in [3.8, 4) is 5.75 Å². The minimum atomic E-state index is -0.940. The molecule has 2 N–H and O–H groups in total. The molecule has 1 fully saturated rings. The smallest absolute Gasteiger partial charge is 0.123 e. The van der Waals surface area contributed by atoms with Gasteiger partial charge in [0.05, 0.1) is 24.7 Å². The molecule has 20 heavy (non-hydrogen) atoms. The molecule has 0 radical (unpaired) electrons. The molecule has 0 aliphatic carbocycles. The summed E-state index contributed by atoms with van der Waals surface area (Å²) in [5.74, 6) is 1.87. The lowest BCUT2D eigenvalue weighted by Crippen LogP contribution is -2.17. The maximum absolute atomic E-state index is 12.3. The van der Waals surface area contributed by atoms with Gasteiger partial charge in [0, 0.05) is 29.0 Å². The third kappa shape index (κ3) is 4.04. The summed E-state index contributed by atoms with van der Waals surface area (Å²) in [6, 6.07) is 5.82. The van der Waals surface area contributed by atoms with E-state index >= 15 is 0 Å². The molecule has 0 bridgehead atoms. The second-order valence-corrected chi connectivity index (χ2v) is 6.75.